The summed E-state index contributed by atoms with van der Waals surface area (Å²) in [7, 11) is 0. The highest BCUT2D eigenvalue weighted by Gasteiger charge is 2.27. The molecule has 3 aromatic heterocycles. The van der Waals surface area contributed by atoms with Crippen LogP contribution < -0.4 is 10.5 Å². The van der Waals surface area contributed by atoms with Crippen molar-refractivity contribution in [2.45, 2.75) is 6.54 Å². The summed E-state index contributed by atoms with van der Waals surface area (Å²) in [4.78, 5) is 30.7. The molecule has 4 aromatic rings. The number of para-hydroxylation sites is 1. The topological polar surface area (TPSA) is 82.5 Å². The number of anilines is 1. The molecule has 5 rings (SSSR count). The molecule has 0 saturated carbocycles. The highest BCUT2D eigenvalue weighted by Crippen LogP contribution is 2.30. The number of furan rings is 1. The quantitative estimate of drug-likeness (QED) is 0.481. The Balaban J connectivity index is 1.52. The van der Waals surface area contributed by atoms with E-state index in [2.05, 4.69) is 11.0 Å². The third kappa shape index (κ3) is 3.47. The largest absolute Gasteiger partial charge is 0.472 e. The second kappa shape index (κ2) is 8.36. The minimum Gasteiger partial charge on any atom is -0.472 e. The van der Waals surface area contributed by atoms with Crippen molar-refractivity contribution in [3.63, 3.8) is 0 Å². The monoisotopic (exact) mass is 444 g/mol. The molecule has 1 aliphatic rings. The Labute approximate surface area is 188 Å². The molecule has 0 spiro atoms. The van der Waals surface area contributed by atoms with Gasteiger partial charge in [0, 0.05) is 37.1 Å². The Kier molecular flexibility index (Phi) is 5.25. The van der Waals surface area contributed by atoms with E-state index in [9.17, 15) is 14.9 Å². The maximum absolute atomic E-state index is 13.4. The molecule has 160 valence electrons. The van der Waals surface area contributed by atoms with Crippen molar-refractivity contribution in [3.05, 3.63) is 86.7 Å². The molecule has 0 aliphatic carbocycles. The summed E-state index contributed by atoms with van der Waals surface area (Å²) in [5.41, 5.74) is 2.09. The summed E-state index contributed by atoms with van der Waals surface area (Å²) in [5, 5.41) is 12.7. The number of hydrogen-bond acceptors (Lipinski definition) is 6. The number of thiophene rings is 1. The van der Waals surface area contributed by atoms with Crippen molar-refractivity contribution >= 4 is 33.8 Å². The van der Waals surface area contributed by atoms with Crippen molar-refractivity contribution in [1.29, 1.82) is 5.26 Å². The van der Waals surface area contributed by atoms with Crippen LogP contribution in [0.3, 0.4) is 0 Å². The Hall–Kier alpha value is -3.83. The summed E-state index contributed by atoms with van der Waals surface area (Å²) in [6, 6.07) is 15.3. The van der Waals surface area contributed by atoms with Gasteiger partial charge in [0.15, 0.2) is 0 Å². The summed E-state index contributed by atoms with van der Waals surface area (Å²) >= 11 is 1.44. The van der Waals surface area contributed by atoms with E-state index >= 15 is 0 Å². The second-order valence-electron chi connectivity index (χ2n) is 7.63. The van der Waals surface area contributed by atoms with E-state index in [0.29, 0.717) is 38.4 Å². The predicted molar refractivity (Wildman–Crippen MR) is 123 cm³/mol. The zero-order chi connectivity index (χ0) is 22.1. The number of rotatable bonds is 4. The van der Waals surface area contributed by atoms with Crippen LogP contribution in [0, 0.1) is 11.3 Å². The molecule has 0 atom stereocenters. The normalized spacial score (nSPS) is 14.0. The zero-order valence-electron chi connectivity index (χ0n) is 17.2. The highest BCUT2D eigenvalue weighted by molar-refractivity contribution is 7.12. The number of amides is 1. The second-order valence-corrected chi connectivity index (χ2v) is 8.58. The van der Waals surface area contributed by atoms with Crippen LogP contribution in [0.2, 0.25) is 0 Å². The third-order valence-corrected chi connectivity index (χ3v) is 6.65. The Bertz CT molecular complexity index is 1360. The molecule has 8 heteroatoms. The SMILES string of the molecule is N#Cc1c(N2CCN(C(=O)c3cccs3)CC2)c2ccccc2n(Cc2ccoc2)c1=O. The number of carbonyl (C=O) groups is 1. The van der Waals surface area contributed by atoms with Crippen molar-refractivity contribution < 1.29 is 9.21 Å². The van der Waals surface area contributed by atoms with Crippen molar-refractivity contribution in [2.24, 2.45) is 0 Å². The van der Waals surface area contributed by atoms with Crippen molar-refractivity contribution in [3.8, 4) is 6.07 Å². The first kappa shape index (κ1) is 20.1. The summed E-state index contributed by atoms with van der Waals surface area (Å²) in [6.07, 6.45) is 3.17. The smallest absolute Gasteiger partial charge is 0.271 e. The van der Waals surface area contributed by atoms with Crippen LogP contribution in [0.5, 0.6) is 0 Å². The minimum atomic E-state index is -0.320. The molecule has 32 heavy (non-hydrogen) atoms. The number of aromatic nitrogens is 1. The van der Waals surface area contributed by atoms with E-state index in [1.165, 1.54) is 11.3 Å². The summed E-state index contributed by atoms with van der Waals surface area (Å²) < 4.78 is 6.77. The predicted octanol–water partition coefficient (Wildman–Crippen LogP) is 3.54. The average molecular weight is 445 g/mol. The van der Waals surface area contributed by atoms with Crippen LogP contribution in [0.4, 0.5) is 5.69 Å². The van der Waals surface area contributed by atoms with Crippen LogP contribution in [0.15, 0.2) is 69.6 Å². The molecule has 1 aliphatic heterocycles. The molecular formula is C24H20N4O3S. The van der Waals surface area contributed by atoms with Gasteiger partial charge in [0.1, 0.15) is 11.6 Å². The van der Waals surface area contributed by atoms with Gasteiger partial charge in [0.25, 0.3) is 11.5 Å². The van der Waals surface area contributed by atoms with Crippen molar-refractivity contribution in [2.75, 3.05) is 31.1 Å². The minimum absolute atomic E-state index is 0.0283. The Morgan fingerprint density at radius 2 is 1.91 bits per heavy atom. The van der Waals surface area contributed by atoms with Gasteiger partial charge in [0.05, 0.1) is 35.2 Å². The highest BCUT2D eigenvalue weighted by atomic mass is 32.1. The maximum Gasteiger partial charge on any atom is 0.271 e. The van der Waals surface area contributed by atoms with Gasteiger partial charge in [-0.1, -0.05) is 24.3 Å². The molecule has 1 fully saturated rings. The van der Waals surface area contributed by atoms with Gasteiger partial charge in [-0.25, -0.2) is 0 Å². The Morgan fingerprint density at radius 1 is 1.09 bits per heavy atom. The van der Waals surface area contributed by atoms with Gasteiger partial charge in [-0.2, -0.15) is 5.26 Å². The maximum atomic E-state index is 13.4. The fourth-order valence-electron chi connectivity index (χ4n) is 4.23. The van der Waals surface area contributed by atoms with Crippen LogP contribution in [0.1, 0.15) is 20.8 Å². The molecule has 0 unspecified atom stereocenters. The number of benzene rings is 1. The van der Waals surface area contributed by atoms with Gasteiger partial charge < -0.3 is 18.8 Å². The van der Waals surface area contributed by atoms with E-state index in [0.717, 1.165) is 21.3 Å². The number of fused-ring (bicyclic) bond motifs is 1. The molecule has 7 nitrogen and oxygen atoms in total. The van der Waals surface area contributed by atoms with Crippen molar-refractivity contribution in [1.82, 2.24) is 9.47 Å². The number of carbonyl (C=O) groups excluding carboxylic acids is 1. The lowest BCUT2D eigenvalue weighted by Crippen LogP contribution is -2.49. The number of pyridine rings is 1. The van der Waals surface area contributed by atoms with Gasteiger partial charge in [-0.05, 0) is 23.6 Å². The number of hydrogen-bond donors (Lipinski definition) is 0. The molecule has 1 saturated heterocycles. The first-order valence-electron chi connectivity index (χ1n) is 10.3. The fourth-order valence-corrected chi connectivity index (χ4v) is 4.92. The molecule has 1 aromatic carbocycles. The van der Waals surface area contributed by atoms with Crippen LogP contribution in [-0.2, 0) is 6.54 Å². The molecule has 1 amide bonds. The van der Waals surface area contributed by atoms with E-state index in [-0.39, 0.29) is 17.0 Å². The first-order valence-corrected chi connectivity index (χ1v) is 11.2. The lowest BCUT2D eigenvalue weighted by atomic mass is 10.1. The first-order chi connectivity index (χ1) is 15.7. The van der Waals surface area contributed by atoms with Gasteiger partial charge in [0.2, 0.25) is 0 Å². The summed E-state index contributed by atoms with van der Waals surface area (Å²) in [5.74, 6) is 0.0283. The lowest BCUT2D eigenvalue weighted by molar-refractivity contribution is 0.0751. The van der Waals surface area contributed by atoms with Gasteiger partial charge in [-0.15, -0.1) is 11.3 Å². The third-order valence-electron chi connectivity index (χ3n) is 5.79. The van der Waals surface area contributed by atoms with E-state index in [1.807, 2.05) is 52.7 Å². The van der Waals surface area contributed by atoms with Crippen LogP contribution >= 0.6 is 11.3 Å². The zero-order valence-corrected chi connectivity index (χ0v) is 18.0. The lowest BCUT2D eigenvalue weighted by Gasteiger charge is -2.37. The average Bonchev–Trinajstić information content (AvgIpc) is 3.55. The van der Waals surface area contributed by atoms with Crippen LogP contribution in [-0.4, -0.2) is 41.6 Å². The molecule has 0 N–H and O–H groups in total. The number of piperazine rings is 1. The standard InChI is InChI=1S/C24H20N4O3S/c25-14-19-22(26-8-10-27(11-9-26)24(30)21-6-3-13-32-21)18-4-1-2-5-20(18)28(23(19)29)15-17-7-12-31-16-17/h1-7,12-13,16H,8-11,15H2. The molecule has 4 heterocycles. The van der Waals surface area contributed by atoms with E-state index in [1.54, 1.807) is 17.1 Å². The van der Waals surface area contributed by atoms with Gasteiger partial charge >= 0.3 is 0 Å². The van der Waals surface area contributed by atoms with Crippen LogP contribution in [0.25, 0.3) is 10.9 Å². The molecular weight excluding hydrogens is 424 g/mol. The molecule has 0 radical (unpaired) electrons. The van der Waals surface area contributed by atoms with E-state index in [4.69, 9.17) is 4.42 Å². The fraction of sp³-hybridized carbons (Fsp3) is 0.208. The van der Waals surface area contributed by atoms with Gasteiger partial charge in [-0.3, -0.25) is 9.59 Å². The Morgan fingerprint density at radius 3 is 2.59 bits per heavy atom. The molecule has 0 bridgehead atoms. The van der Waals surface area contributed by atoms with E-state index < -0.39 is 0 Å². The number of nitrogens with zero attached hydrogens (tertiary/aromatic N) is 4. The number of nitriles is 1. The summed E-state index contributed by atoms with van der Waals surface area (Å²) in [6.45, 7) is 2.51.